The van der Waals surface area contributed by atoms with Crippen molar-refractivity contribution in [3.05, 3.63) is 29.6 Å². The summed E-state index contributed by atoms with van der Waals surface area (Å²) < 4.78 is 45.0. The van der Waals surface area contributed by atoms with Gasteiger partial charge in [-0.15, -0.1) is 0 Å². The zero-order chi connectivity index (χ0) is 15.4. The number of hydrogen-bond donors (Lipinski definition) is 2. The fraction of sp³-hybridized carbons (Fsp3) is 0.250. The molecule has 0 spiro atoms. The SMILES string of the molecule is CCOc1nc(NC)nc(Nc2cc(F)cc(F)c2F)n1. The number of halogens is 3. The Labute approximate surface area is 118 Å². The Morgan fingerprint density at radius 3 is 2.48 bits per heavy atom. The average Bonchev–Trinajstić information content (AvgIpc) is 2.44. The van der Waals surface area contributed by atoms with Gasteiger partial charge >= 0.3 is 6.01 Å². The summed E-state index contributed by atoms with van der Waals surface area (Å²) in [6.45, 7) is 2.05. The summed E-state index contributed by atoms with van der Waals surface area (Å²) in [7, 11) is 1.57. The van der Waals surface area contributed by atoms with Gasteiger partial charge in [0.25, 0.3) is 0 Å². The van der Waals surface area contributed by atoms with Crippen LogP contribution in [0.2, 0.25) is 0 Å². The molecule has 2 rings (SSSR count). The van der Waals surface area contributed by atoms with Gasteiger partial charge in [-0.2, -0.15) is 15.0 Å². The Bertz CT molecular complexity index is 653. The molecule has 0 unspecified atom stereocenters. The van der Waals surface area contributed by atoms with E-state index < -0.39 is 23.1 Å². The smallest absolute Gasteiger partial charge is 0.323 e. The molecule has 0 saturated heterocycles. The van der Waals surface area contributed by atoms with Crippen LogP contribution < -0.4 is 15.4 Å². The monoisotopic (exact) mass is 299 g/mol. The Morgan fingerprint density at radius 1 is 1.10 bits per heavy atom. The van der Waals surface area contributed by atoms with E-state index in [0.29, 0.717) is 12.7 Å². The van der Waals surface area contributed by atoms with Crippen molar-refractivity contribution in [1.82, 2.24) is 15.0 Å². The molecule has 0 bridgehead atoms. The third-order valence-corrected chi connectivity index (χ3v) is 2.35. The fourth-order valence-electron chi connectivity index (χ4n) is 1.49. The van der Waals surface area contributed by atoms with E-state index in [9.17, 15) is 13.2 Å². The van der Waals surface area contributed by atoms with Crippen LogP contribution in [-0.2, 0) is 0 Å². The van der Waals surface area contributed by atoms with Crippen molar-refractivity contribution < 1.29 is 17.9 Å². The molecule has 6 nitrogen and oxygen atoms in total. The Morgan fingerprint density at radius 2 is 1.81 bits per heavy atom. The summed E-state index contributed by atoms with van der Waals surface area (Å²) in [5.41, 5.74) is -0.428. The highest BCUT2D eigenvalue weighted by Crippen LogP contribution is 2.22. The molecule has 1 heterocycles. The van der Waals surface area contributed by atoms with Crippen molar-refractivity contribution in [2.45, 2.75) is 6.92 Å². The van der Waals surface area contributed by atoms with Crippen LogP contribution in [0.1, 0.15) is 6.92 Å². The van der Waals surface area contributed by atoms with E-state index in [0.717, 1.165) is 6.07 Å². The third-order valence-electron chi connectivity index (χ3n) is 2.35. The zero-order valence-corrected chi connectivity index (χ0v) is 11.2. The molecule has 0 atom stereocenters. The Balaban J connectivity index is 2.37. The van der Waals surface area contributed by atoms with E-state index in [1.54, 1.807) is 14.0 Å². The van der Waals surface area contributed by atoms with Gasteiger partial charge < -0.3 is 15.4 Å². The molecule has 0 aliphatic carbocycles. The lowest BCUT2D eigenvalue weighted by molar-refractivity contribution is 0.312. The van der Waals surface area contributed by atoms with Crippen LogP contribution in [0.25, 0.3) is 0 Å². The van der Waals surface area contributed by atoms with Crippen LogP contribution in [0.15, 0.2) is 12.1 Å². The molecule has 112 valence electrons. The second-order valence-corrected chi connectivity index (χ2v) is 3.82. The molecule has 1 aromatic carbocycles. The van der Waals surface area contributed by atoms with Crippen LogP contribution in [0.4, 0.5) is 30.8 Å². The minimum atomic E-state index is -1.31. The third kappa shape index (κ3) is 3.50. The standard InChI is InChI=1S/C12H12F3N5O/c1-3-21-12-19-10(16-2)18-11(20-12)17-8-5-6(13)4-7(14)9(8)15/h4-5H,3H2,1-2H3,(H2,16,17,18,19,20). The molecule has 0 aliphatic heterocycles. The second-order valence-electron chi connectivity index (χ2n) is 3.82. The highest BCUT2D eigenvalue weighted by atomic mass is 19.2. The minimum Gasteiger partial charge on any atom is -0.464 e. The van der Waals surface area contributed by atoms with Crippen LogP contribution in [0.5, 0.6) is 6.01 Å². The average molecular weight is 299 g/mol. The predicted molar refractivity (Wildman–Crippen MR) is 70.1 cm³/mol. The van der Waals surface area contributed by atoms with Gasteiger partial charge in [-0.25, -0.2) is 13.2 Å². The number of ether oxygens (including phenoxy) is 1. The van der Waals surface area contributed by atoms with Crippen LogP contribution in [0, 0.1) is 17.5 Å². The van der Waals surface area contributed by atoms with E-state index in [1.165, 1.54) is 0 Å². The summed E-state index contributed by atoms with van der Waals surface area (Å²) in [5, 5.41) is 5.06. The summed E-state index contributed by atoms with van der Waals surface area (Å²) in [6, 6.07) is 1.23. The predicted octanol–water partition coefficient (Wildman–Crippen LogP) is 2.47. The molecule has 0 fully saturated rings. The van der Waals surface area contributed by atoms with Gasteiger partial charge in [-0.05, 0) is 6.92 Å². The van der Waals surface area contributed by atoms with Crippen molar-refractivity contribution in [2.24, 2.45) is 0 Å². The highest BCUT2D eigenvalue weighted by molar-refractivity contribution is 5.55. The molecule has 0 amide bonds. The molecule has 2 N–H and O–H groups in total. The van der Waals surface area contributed by atoms with Gasteiger partial charge in [-0.1, -0.05) is 0 Å². The maximum atomic E-state index is 13.6. The normalized spacial score (nSPS) is 10.3. The zero-order valence-electron chi connectivity index (χ0n) is 11.2. The summed E-state index contributed by atoms with van der Waals surface area (Å²) in [5.74, 6) is -3.43. The first-order valence-electron chi connectivity index (χ1n) is 6.01. The maximum absolute atomic E-state index is 13.6. The molecule has 1 aromatic heterocycles. The van der Waals surface area contributed by atoms with Crippen molar-refractivity contribution in [2.75, 3.05) is 24.3 Å². The first-order valence-corrected chi connectivity index (χ1v) is 6.01. The topological polar surface area (TPSA) is 72.0 Å². The van der Waals surface area contributed by atoms with Crippen molar-refractivity contribution >= 4 is 17.6 Å². The second kappa shape index (κ2) is 6.25. The van der Waals surface area contributed by atoms with Crippen molar-refractivity contribution in [1.29, 1.82) is 0 Å². The van der Waals surface area contributed by atoms with E-state index in [-0.39, 0.29) is 17.9 Å². The number of aromatic nitrogens is 3. The van der Waals surface area contributed by atoms with E-state index in [1.807, 2.05) is 0 Å². The highest BCUT2D eigenvalue weighted by Gasteiger charge is 2.14. The summed E-state index contributed by atoms with van der Waals surface area (Å²) in [4.78, 5) is 11.7. The van der Waals surface area contributed by atoms with Crippen LogP contribution in [0.3, 0.4) is 0 Å². The number of nitrogens with one attached hydrogen (secondary N) is 2. The van der Waals surface area contributed by atoms with Crippen molar-refractivity contribution in [3.8, 4) is 6.01 Å². The molecule has 0 radical (unpaired) electrons. The quantitative estimate of drug-likeness (QED) is 0.826. The van der Waals surface area contributed by atoms with E-state index in [4.69, 9.17) is 4.74 Å². The Hall–Kier alpha value is -2.58. The van der Waals surface area contributed by atoms with Gasteiger partial charge in [-0.3, -0.25) is 0 Å². The molecule has 0 aliphatic rings. The first-order chi connectivity index (χ1) is 10.0. The lowest BCUT2D eigenvalue weighted by Gasteiger charge is -2.09. The molecular formula is C12H12F3N5O. The van der Waals surface area contributed by atoms with Gasteiger partial charge in [0.05, 0.1) is 12.3 Å². The summed E-state index contributed by atoms with van der Waals surface area (Å²) in [6.07, 6.45) is 0. The van der Waals surface area contributed by atoms with E-state index in [2.05, 4.69) is 25.6 Å². The maximum Gasteiger partial charge on any atom is 0.323 e. The fourth-order valence-corrected chi connectivity index (χ4v) is 1.49. The Kier molecular flexibility index (Phi) is 4.41. The van der Waals surface area contributed by atoms with E-state index >= 15 is 0 Å². The molecule has 0 saturated carbocycles. The summed E-state index contributed by atoms with van der Waals surface area (Å²) >= 11 is 0. The number of benzene rings is 1. The number of hydrogen-bond acceptors (Lipinski definition) is 6. The largest absolute Gasteiger partial charge is 0.464 e. The number of anilines is 3. The van der Waals surface area contributed by atoms with Crippen LogP contribution in [-0.4, -0.2) is 28.6 Å². The molecule has 21 heavy (non-hydrogen) atoms. The van der Waals surface area contributed by atoms with Crippen LogP contribution >= 0.6 is 0 Å². The van der Waals surface area contributed by atoms with Crippen molar-refractivity contribution in [3.63, 3.8) is 0 Å². The minimum absolute atomic E-state index is 0.00312. The first kappa shape index (κ1) is 14.8. The molecule has 2 aromatic rings. The van der Waals surface area contributed by atoms with Gasteiger partial charge in [0, 0.05) is 19.2 Å². The lowest BCUT2D eigenvalue weighted by Crippen LogP contribution is -2.08. The molecule has 9 heteroatoms. The van der Waals surface area contributed by atoms with Gasteiger partial charge in [0.1, 0.15) is 5.82 Å². The number of nitrogens with zero attached hydrogens (tertiary/aromatic N) is 3. The molecular weight excluding hydrogens is 287 g/mol. The van der Waals surface area contributed by atoms with Gasteiger partial charge in [0.15, 0.2) is 11.6 Å². The number of rotatable bonds is 5. The van der Waals surface area contributed by atoms with Gasteiger partial charge in [0.2, 0.25) is 11.9 Å². The lowest BCUT2D eigenvalue weighted by atomic mass is 10.3.